The molecular formula is C25H28N2O2. The second kappa shape index (κ2) is 8.75. The first-order valence-corrected chi connectivity index (χ1v) is 10.5. The molecule has 29 heavy (non-hydrogen) atoms. The molecule has 2 heterocycles. The van der Waals surface area contributed by atoms with Crippen LogP contribution < -0.4 is 0 Å². The van der Waals surface area contributed by atoms with Crippen molar-refractivity contribution in [1.82, 2.24) is 9.88 Å². The highest BCUT2D eigenvalue weighted by molar-refractivity contribution is 5.81. The van der Waals surface area contributed by atoms with Crippen molar-refractivity contribution in [2.45, 2.75) is 32.7 Å². The largest absolute Gasteiger partial charge is 0.466 e. The Balaban J connectivity index is 1.49. The predicted octanol–water partition coefficient (Wildman–Crippen LogP) is 4.62. The summed E-state index contributed by atoms with van der Waals surface area (Å²) in [6, 6.07) is 20.7. The maximum absolute atomic E-state index is 12.9. The number of para-hydroxylation sites is 1. The molecule has 0 spiro atoms. The van der Waals surface area contributed by atoms with Crippen molar-refractivity contribution in [3.8, 4) is 0 Å². The summed E-state index contributed by atoms with van der Waals surface area (Å²) in [4.78, 5) is 19.8. The molecular weight excluding hydrogens is 360 g/mol. The zero-order valence-corrected chi connectivity index (χ0v) is 17.0. The van der Waals surface area contributed by atoms with Gasteiger partial charge in [-0.2, -0.15) is 0 Å². The molecule has 0 saturated carbocycles. The molecule has 0 N–H and O–H groups in total. The van der Waals surface area contributed by atoms with Crippen LogP contribution in [0.1, 0.15) is 30.9 Å². The number of piperidine rings is 1. The first-order valence-electron chi connectivity index (χ1n) is 10.5. The molecule has 2 aromatic carbocycles. The molecule has 1 aliphatic heterocycles. The van der Waals surface area contributed by atoms with E-state index >= 15 is 0 Å². The average Bonchev–Trinajstić information content (AvgIpc) is 2.76. The van der Waals surface area contributed by atoms with Crippen LogP contribution in [0.5, 0.6) is 0 Å². The summed E-state index contributed by atoms with van der Waals surface area (Å²) in [5, 5.41) is 1.21. The minimum atomic E-state index is -0.422. The van der Waals surface area contributed by atoms with Crippen LogP contribution >= 0.6 is 0 Å². The van der Waals surface area contributed by atoms with Crippen LogP contribution in [0.2, 0.25) is 0 Å². The van der Waals surface area contributed by atoms with Crippen molar-refractivity contribution >= 4 is 16.9 Å². The number of nitrogens with zero attached hydrogens (tertiary/aromatic N) is 2. The molecule has 1 fully saturated rings. The lowest BCUT2D eigenvalue weighted by atomic mass is 9.73. The summed E-state index contributed by atoms with van der Waals surface area (Å²) in [5.74, 6) is -0.0436. The first kappa shape index (κ1) is 19.6. The van der Waals surface area contributed by atoms with E-state index in [9.17, 15) is 4.79 Å². The van der Waals surface area contributed by atoms with Crippen LogP contribution in [0.4, 0.5) is 0 Å². The number of carbonyl (C=O) groups is 1. The molecule has 0 aliphatic carbocycles. The van der Waals surface area contributed by atoms with E-state index in [0.29, 0.717) is 6.61 Å². The first-order chi connectivity index (χ1) is 14.2. The molecule has 1 aromatic heterocycles. The molecule has 150 valence electrons. The Hall–Kier alpha value is -2.72. The van der Waals surface area contributed by atoms with E-state index in [0.717, 1.165) is 44.4 Å². The molecule has 1 aliphatic rings. The highest BCUT2D eigenvalue weighted by Crippen LogP contribution is 2.37. The van der Waals surface area contributed by atoms with Gasteiger partial charge in [0.2, 0.25) is 0 Å². The van der Waals surface area contributed by atoms with Crippen LogP contribution in [0.25, 0.3) is 10.9 Å². The Morgan fingerprint density at radius 2 is 1.76 bits per heavy atom. The van der Waals surface area contributed by atoms with Crippen molar-refractivity contribution in [1.29, 1.82) is 0 Å². The summed E-state index contributed by atoms with van der Waals surface area (Å²) < 4.78 is 5.50. The number of hydrogen-bond donors (Lipinski definition) is 0. The van der Waals surface area contributed by atoms with Gasteiger partial charge in [0.15, 0.2) is 0 Å². The van der Waals surface area contributed by atoms with Gasteiger partial charge in [0.05, 0.1) is 17.5 Å². The summed E-state index contributed by atoms with van der Waals surface area (Å²) in [7, 11) is 0. The van der Waals surface area contributed by atoms with Crippen molar-refractivity contribution in [2.75, 3.05) is 19.7 Å². The number of hydrogen-bond acceptors (Lipinski definition) is 4. The van der Waals surface area contributed by atoms with Crippen molar-refractivity contribution in [2.24, 2.45) is 5.41 Å². The molecule has 0 unspecified atom stereocenters. The second-order valence-electron chi connectivity index (χ2n) is 7.93. The molecule has 1 saturated heterocycles. The van der Waals surface area contributed by atoms with Gasteiger partial charge in [-0.25, -0.2) is 0 Å². The maximum Gasteiger partial charge on any atom is 0.312 e. The van der Waals surface area contributed by atoms with E-state index in [1.54, 1.807) is 0 Å². The SMILES string of the molecule is CCOC(=O)C1(Cc2ccccc2)CCN(Cc2ccnc3ccccc23)CC1. The smallest absolute Gasteiger partial charge is 0.312 e. The Kier molecular flexibility index (Phi) is 5.91. The van der Waals surface area contributed by atoms with E-state index in [-0.39, 0.29) is 5.97 Å². The Bertz CT molecular complexity index is 957. The molecule has 0 amide bonds. The number of benzene rings is 2. The van der Waals surface area contributed by atoms with Crippen LogP contribution in [-0.2, 0) is 22.5 Å². The van der Waals surface area contributed by atoms with Crippen molar-refractivity contribution in [3.63, 3.8) is 0 Å². The number of rotatable bonds is 6. The number of likely N-dealkylation sites (tertiary alicyclic amines) is 1. The fourth-order valence-corrected chi connectivity index (χ4v) is 4.40. The Labute approximate surface area is 172 Å². The van der Waals surface area contributed by atoms with E-state index in [1.165, 1.54) is 16.5 Å². The molecule has 4 nitrogen and oxygen atoms in total. The topological polar surface area (TPSA) is 42.4 Å². The zero-order valence-electron chi connectivity index (χ0n) is 17.0. The van der Waals surface area contributed by atoms with Gasteiger partial charge in [0, 0.05) is 18.1 Å². The van der Waals surface area contributed by atoms with E-state index in [1.807, 2.05) is 37.4 Å². The Morgan fingerprint density at radius 3 is 2.52 bits per heavy atom. The molecule has 4 rings (SSSR count). The third-order valence-corrected chi connectivity index (χ3v) is 6.04. The van der Waals surface area contributed by atoms with Crippen molar-refractivity contribution in [3.05, 3.63) is 78.0 Å². The van der Waals surface area contributed by atoms with Gasteiger partial charge < -0.3 is 4.74 Å². The minimum absolute atomic E-state index is 0.0436. The van der Waals surface area contributed by atoms with Gasteiger partial charge in [-0.15, -0.1) is 0 Å². The van der Waals surface area contributed by atoms with E-state index < -0.39 is 5.41 Å². The second-order valence-corrected chi connectivity index (χ2v) is 7.93. The fourth-order valence-electron chi connectivity index (χ4n) is 4.40. The van der Waals surface area contributed by atoms with Gasteiger partial charge in [-0.05, 0) is 62.5 Å². The van der Waals surface area contributed by atoms with Gasteiger partial charge in [0.1, 0.15) is 0 Å². The monoisotopic (exact) mass is 388 g/mol. The van der Waals surface area contributed by atoms with E-state index in [4.69, 9.17) is 4.74 Å². The number of carbonyl (C=O) groups excluding carboxylic acids is 1. The third kappa shape index (κ3) is 4.33. The number of pyridine rings is 1. The predicted molar refractivity (Wildman–Crippen MR) is 115 cm³/mol. The summed E-state index contributed by atoms with van der Waals surface area (Å²) in [5.41, 5.74) is 3.11. The van der Waals surface area contributed by atoms with Crippen LogP contribution in [0.15, 0.2) is 66.9 Å². The zero-order chi connectivity index (χ0) is 20.1. The van der Waals surface area contributed by atoms with Gasteiger partial charge in [0.25, 0.3) is 0 Å². The fraction of sp³-hybridized carbons (Fsp3) is 0.360. The number of ether oxygens (including phenoxy) is 1. The lowest BCUT2D eigenvalue weighted by molar-refractivity contribution is -0.158. The molecule has 0 bridgehead atoms. The molecule has 0 radical (unpaired) electrons. The lowest BCUT2D eigenvalue weighted by Gasteiger charge is -2.40. The molecule has 4 heteroatoms. The van der Waals surface area contributed by atoms with Crippen molar-refractivity contribution < 1.29 is 9.53 Å². The average molecular weight is 389 g/mol. The minimum Gasteiger partial charge on any atom is -0.466 e. The molecule has 0 atom stereocenters. The number of fused-ring (bicyclic) bond motifs is 1. The van der Waals surface area contributed by atoms with Gasteiger partial charge in [-0.3, -0.25) is 14.7 Å². The normalized spacial score (nSPS) is 16.6. The third-order valence-electron chi connectivity index (χ3n) is 6.04. The highest BCUT2D eigenvalue weighted by Gasteiger charge is 2.42. The standard InChI is InChI=1S/C25H28N2O2/c1-2-29-24(28)25(18-20-8-4-3-5-9-20)13-16-27(17-14-25)19-21-12-15-26-23-11-7-6-10-22(21)23/h3-12,15H,2,13-14,16-19H2,1H3. The number of esters is 1. The van der Waals surface area contributed by atoms with Crippen LogP contribution in [-0.4, -0.2) is 35.5 Å². The van der Waals surface area contributed by atoms with Crippen LogP contribution in [0, 0.1) is 5.41 Å². The van der Waals surface area contributed by atoms with Gasteiger partial charge in [-0.1, -0.05) is 48.5 Å². The Morgan fingerprint density at radius 1 is 1.03 bits per heavy atom. The lowest BCUT2D eigenvalue weighted by Crippen LogP contribution is -2.46. The van der Waals surface area contributed by atoms with Gasteiger partial charge >= 0.3 is 5.97 Å². The van der Waals surface area contributed by atoms with E-state index in [2.05, 4.69) is 46.3 Å². The summed E-state index contributed by atoms with van der Waals surface area (Å²) in [6.45, 7) is 4.98. The number of aromatic nitrogens is 1. The highest BCUT2D eigenvalue weighted by atomic mass is 16.5. The molecule has 3 aromatic rings. The summed E-state index contributed by atoms with van der Waals surface area (Å²) >= 11 is 0. The summed E-state index contributed by atoms with van der Waals surface area (Å²) in [6.07, 6.45) is 4.28. The maximum atomic E-state index is 12.9. The quantitative estimate of drug-likeness (QED) is 0.578. The van der Waals surface area contributed by atoms with Crippen LogP contribution in [0.3, 0.4) is 0 Å².